The quantitative estimate of drug-likeness (QED) is 0.875. The predicted molar refractivity (Wildman–Crippen MR) is 74.3 cm³/mol. The van der Waals surface area contributed by atoms with E-state index in [9.17, 15) is 9.59 Å². The Morgan fingerprint density at radius 3 is 2.86 bits per heavy atom. The predicted octanol–water partition coefficient (Wildman–Crippen LogP) is 0.800. The number of likely N-dealkylation sites (N-methyl/N-ethyl adjacent to an activating group) is 1. The van der Waals surface area contributed by atoms with Crippen molar-refractivity contribution in [1.29, 1.82) is 0 Å². The number of amides is 1. The Morgan fingerprint density at radius 1 is 1.48 bits per heavy atom. The minimum Gasteiger partial charge on any atom is -0.476 e. The number of carboxylic acid groups (broad SMARTS) is 1. The van der Waals surface area contributed by atoms with Crippen LogP contribution in [0.4, 0.5) is 0 Å². The van der Waals surface area contributed by atoms with Crippen molar-refractivity contribution in [1.82, 2.24) is 19.3 Å². The van der Waals surface area contributed by atoms with Gasteiger partial charge in [0.2, 0.25) is 5.65 Å². The monoisotopic (exact) mass is 354 g/mol. The highest BCUT2D eigenvalue weighted by molar-refractivity contribution is 9.10. The zero-order valence-corrected chi connectivity index (χ0v) is 12.6. The molecule has 3 heterocycles. The van der Waals surface area contributed by atoms with Gasteiger partial charge < -0.3 is 14.7 Å². The van der Waals surface area contributed by atoms with E-state index in [1.165, 1.54) is 10.6 Å². The second-order valence-corrected chi connectivity index (χ2v) is 5.50. The minimum absolute atomic E-state index is 0.116. The third-order valence-corrected chi connectivity index (χ3v) is 3.61. The molecule has 0 spiro atoms. The molecule has 110 valence electrons. The molecule has 9 heteroatoms. The summed E-state index contributed by atoms with van der Waals surface area (Å²) in [5.74, 6) is -1.14. The van der Waals surface area contributed by atoms with Crippen molar-refractivity contribution < 1.29 is 19.4 Å². The number of ether oxygens (including phenoxy) is 1. The van der Waals surface area contributed by atoms with Gasteiger partial charge in [-0.3, -0.25) is 9.20 Å². The summed E-state index contributed by atoms with van der Waals surface area (Å²) in [7, 11) is 1.70. The van der Waals surface area contributed by atoms with Crippen LogP contribution in [0.25, 0.3) is 5.65 Å². The van der Waals surface area contributed by atoms with Gasteiger partial charge in [0, 0.05) is 32.4 Å². The van der Waals surface area contributed by atoms with Gasteiger partial charge in [0.15, 0.2) is 11.8 Å². The van der Waals surface area contributed by atoms with Crippen LogP contribution in [0.15, 0.2) is 17.0 Å². The van der Waals surface area contributed by atoms with Crippen molar-refractivity contribution in [2.45, 2.75) is 12.5 Å². The Labute approximate surface area is 127 Å². The van der Waals surface area contributed by atoms with Gasteiger partial charge >= 0.3 is 5.97 Å². The number of carboxylic acids is 1. The lowest BCUT2D eigenvalue weighted by molar-refractivity contribution is -0.132. The van der Waals surface area contributed by atoms with E-state index in [-0.39, 0.29) is 23.1 Å². The van der Waals surface area contributed by atoms with Crippen molar-refractivity contribution >= 4 is 33.5 Å². The molecule has 1 unspecified atom stereocenters. The minimum atomic E-state index is -1.14. The molecule has 0 bridgehead atoms. The Bertz CT molecular complexity index is 744. The molecule has 1 fully saturated rings. The fourth-order valence-electron chi connectivity index (χ4n) is 2.16. The van der Waals surface area contributed by atoms with E-state index < -0.39 is 12.1 Å². The van der Waals surface area contributed by atoms with Crippen LogP contribution in [0.1, 0.15) is 16.9 Å². The number of halogens is 1. The second kappa shape index (κ2) is 4.99. The van der Waals surface area contributed by atoms with Crippen LogP contribution in [-0.4, -0.2) is 55.9 Å². The molecule has 0 saturated carbocycles. The van der Waals surface area contributed by atoms with E-state index in [4.69, 9.17) is 9.84 Å². The normalized spacial score (nSPS) is 18.5. The molecule has 1 aliphatic heterocycles. The molecule has 0 aromatic carbocycles. The summed E-state index contributed by atoms with van der Waals surface area (Å²) in [6.07, 6.45) is 2.87. The molecule has 0 radical (unpaired) electrons. The Balaban J connectivity index is 2.01. The Morgan fingerprint density at radius 2 is 2.24 bits per heavy atom. The number of carbonyl (C=O) groups is 2. The number of nitrogens with zero attached hydrogens (tertiary/aromatic N) is 4. The molecule has 1 saturated heterocycles. The molecule has 2 aromatic rings. The number of hydrogen-bond acceptors (Lipinski definition) is 5. The second-order valence-electron chi connectivity index (χ2n) is 4.69. The average Bonchev–Trinajstić information content (AvgIpc) is 2.97. The van der Waals surface area contributed by atoms with E-state index in [0.717, 1.165) is 0 Å². The van der Waals surface area contributed by atoms with E-state index in [2.05, 4.69) is 25.9 Å². The van der Waals surface area contributed by atoms with Crippen molar-refractivity contribution in [3.8, 4) is 5.88 Å². The van der Waals surface area contributed by atoms with Gasteiger partial charge in [0.25, 0.3) is 11.8 Å². The standard InChI is InChI=1S/C12H11BrN4O4/c1-16-3-2-7(11(16)18)21-10-9-14-6(12(19)20)4-17(9)5-8(13)15-10/h4-5,7H,2-3H2,1H3,(H,19,20). The van der Waals surface area contributed by atoms with E-state index in [0.29, 0.717) is 17.6 Å². The number of rotatable bonds is 3. The highest BCUT2D eigenvalue weighted by Gasteiger charge is 2.32. The van der Waals surface area contributed by atoms with Gasteiger partial charge in [0.1, 0.15) is 4.60 Å². The molecule has 0 aliphatic carbocycles. The summed E-state index contributed by atoms with van der Waals surface area (Å²) < 4.78 is 7.59. The maximum absolute atomic E-state index is 11.9. The number of carbonyl (C=O) groups excluding carboxylic acids is 1. The Hall–Kier alpha value is -2.16. The van der Waals surface area contributed by atoms with Gasteiger partial charge in [-0.1, -0.05) is 0 Å². The van der Waals surface area contributed by atoms with Crippen molar-refractivity contribution in [3.05, 3.63) is 22.7 Å². The number of hydrogen-bond donors (Lipinski definition) is 1. The topological polar surface area (TPSA) is 97.0 Å². The summed E-state index contributed by atoms with van der Waals surface area (Å²) in [6, 6.07) is 0. The fourth-order valence-corrected chi connectivity index (χ4v) is 2.54. The van der Waals surface area contributed by atoms with E-state index in [1.807, 2.05) is 0 Å². The lowest BCUT2D eigenvalue weighted by Crippen LogP contribution is -2.29. The van der Waals surface area contributed by atoms with Gasteiger partial charge in [-0.2, -0.15) is 0 Å². The summed E-state index contributed by atoms with van der Waals surface area (Å²) in [4.78, 5) is 32.6. The molecule has 1 N–H and O–H groups in total. The van der Waals surface area contributed by atoms with Gasteiger partial charge in [-0.15, -0.1) is 0 Å². The van der Waals surface area contributed by atoms with Crippen LogP contribution in [0.3, 0.4) is 0 Å². The zero-order chi connectivity index (χ0) is 15.1. The highest BCUT2D eigenvalue weighted by atomic mass is 79.9. The Kier molecular flexibility index (Phi) is 3.28. The summed E-state index contributed by atoms with van der Waals surface area (Å²) >= 11 is 3.22. The summed E-state index contributed by atoms with van der Waals surface area (Å²) in [5, 5.41) is 9.00. The molecule has 1 aliphatic rings. The maximum Gasteiger partial charge on any atom is 0.356 e. The lowest BCUT2D eigenvalue weighted by Gasteiger charge is -2.12. The number of aromatic carboxylic acids is 1. The summed E-state index contributed by atoms with van der Waals surface area (Å²) in [5.41, 5.74) is 0.146. The van der Waals surface area contributed by atoms with Gasteiger partial charge in [-0.05, 0) is 15.9 Å². The SMILES string of the molecule is CN1CCC(Oc2nc(Br)cn3cc(C(=O)O)nc23)C1=O. The van der Waals surface area contributed by atoms with Crippen LogP contribution in [0.2, 0.25) is 0 Å². The molecule has 21 heavy (non-hydrogen) atoms. The zero-order valence-electron chi connectivity index (χ0n) is 11.0. The fraction of sp³-hybridized carbons (Fsp3) is 0.333. The van der Waals surface area contributed by atoms with Crippen molar-refractivity contribution in [3.63, 3.8) is 0 Å². The van der Waals surface area contributed by atoms with Gasteiger partial charge in [0.05, 0.1) is 0 Å². The first-order valence-corrected chi connectivity index (χ1v) is 6.95. The summed E-state index contributed by atoms with van der Waals surface area (Å²) in [6.45, 7) is 0.614. The van der Waals surface area contributed by atoms with E-state index in [1.54, 1.807) is 18.1 Å². The number of aromatic nitrogens is 3. The molecule has 3 rings (SSSR count). The van der Waals surface area contributed by atoms with Crippen LogP contribution >= 0.6 is 15.9 Å². The molecule has 1 amide bonds. The van der Waals surface area contributed by atoms with Crippen molar-refractivity contribution in [2.75, 3.05) is 13.6 Å². The molecule has 8 nitrogen and oxygen atoms in total. The number of likely N-dealkylation sites (tertiary alicyclic amines) is 1. The smallest absolute Gasteiger partial charge is 0.356 e. The van der Waals surface area contributed by atoms with Gasteiger partial charge in [-0.25, -0.2) is 14.8 Å². The number of fused-ring (bicyclic) bond motifs is 1. The van der Waals surface area contributed by atoms with E-state index >= 15 is 0 Å². The maximum atomic E-state index is 11.9. The third-order valence-electron chi connectivity index (χ3n) is 3.23. The van der Waals surface area contributed by atoms with Crippen molar-refractivity contribution in [2.24, 2.45) is 0 Å². The first-order valence-electron chi connectivity index (χ1n) is 6.16. The third kappa shape index (κ3) is 2.44. The van der Waals surface area contributed by atoms with Crippen LogP contribution < -0.4 is 4.74 Å². The largest absolute Gasteiger partial charge is 0.476 e. The highest BCUT2D eigenvalue weighted by Crippen LogP contribution is 2.24. The average molecular weight is 355 g/mol. The molecular formula is C12H11BrN4O4. The molecule has 2 aromatic heterocycles. The number of imidazole rings is 1. The molecule has 1 atom stereocenters. The first-order chi connectivity index (χ1) is 9.95. The lowest BCUT2D eigenvalue weighted by atomic mass is 10.3. The van der Waals surface area contributed by atoms with Crippen LogP contribution in [-0.2, 0) is 4.79 Å². The van der Waals surface area contributed by atoms with Crippen LogP contribution in [0, 0.1) is 0 Å². The first kappa shape index (κ1) is 13.8. The van der Waals surface area contributed by atoms with Crippen LogP contribution in [0.5, 0.6) is 5.88 Å². The molecular weight excluding hydrogens is 344 g/mol.